The van der Waals surface area contributed by atoms with E-state index in [0.717, 1.165) is 9.26 Å². The molecule has 72 valence electrons. The fourth-order valence-corrected chi connectivity index (χ4v) is 1.47. The van der Waals surface area contributed by atoms with Gasteiger partial charge in [-0.2, -0.15) is 5.10 Å². The van der Waals surface area contributed by atoms with Gasteiger partial charge in [-0.3, -0.25) is 0 Å². The maximum Gasteiger partial charge on any atom is 0.142 e. The Morgan fingerprint density at radius 3 is 3.00 bits per heavy atom. The van der Waals surface area contributed by atoms with Crippen LogP contribution in [0.1, 0.15) is 0 Å². The predicted molar refractivity (Wildman–Crippen MR) is 61.9 cm³/mol. The number of rotatable bonds is 2. The molecule has 6 heteroatoms. The van der Waals surface area contributed by atoms with Gasteiger partial charge in [-0.1, -0.05) is 0 Å². The van der Waals surface area contributed by atoms with Gasteiger partial charge in [-0.15, -0.1) is 0 Å². The summed E-state index contributed by atoms with van der Waals surface area (Å²) >= 11 is 2.21. The van der Waals surface area contributed by atoms with Gasteiger partial charge in [0.2, 0.25) is 0 Å². The van der Waals surface area contributed by atoms with E-state index in [1.54, 1.807) is 17.1 Å². The van der Waals surface area contributed by atoms with Crippen molar-refractivity contribution in [1.82, 2.24) is 14.8 Å². The van der Waals surface area contributed by atoms with Gasteiger partial charge in [0.25, 0.3) is 0 Å². The highest BCUT2D eigenvalue weighted by Gasteiger charge is 1.99. The van der Waals surface area contributed by atoms with E-state index in [2.05, 4.69) is 38.1 Å². The molecular formula is C8H8IN5. The molecule has 0 radical (unpaired) electrons. The highest BCUT2D eigenvalue weighted by molar-refractivity contribution is 14.1. The molecule has 14 heavy (non-hydrogen) atoms. The summed E-state index contributed by atoms with van der Waals surface area (Å²) in [5, 5.41) is 4.17. The van der Waals surface area contributed by atoms with Crippen molar-refractivity contribution < 1.29 is 0 Å². The standard InChI is InChI=1S/C8H8IN5/c9-6-4-12-14(5-6)7-1-2-11-8(3-7)13-10/h1-5H,10H2,(H,11,13). The predicted octanol–water partition coefficient (Wildman–Crippen LogP) is 1.16. The maximum atomic E-state index is 5.26. The third-order valence-electron chi connectivity index (χ3n) is 1.71. The molecule has 0 unspecified atom stereocenters. The smallest absolute Gasteiger partial charge is 0.142 e. The number of pyridine rings is 1. The Labute approximate surface area is 94.4 Å². The van der Waals surface area contributed by atoms with Crippen LogP contribution in [0.2, 0.25) is 0 Å². The molecule has 0 saturated heterocycles. The van der Waals surface area contributed by atoms with Crippen molar-refractivity contribution in [1.29, 1.82) is 0 Å². The Kier molecular flexibility index (Phi) is 2.64. The van der Waals surface area contributed by atoms with E-state index >= 15 is 0 Å². The second-order valence-corrected chi connectivity index (χ2v) is 3.89. The molecule has 2 heterocycles. The average molecular weight is 301 g/mol. The molecule has 2 aromatic rings. The number of nitrogens with two attached hydrogens (primary N) is 1. The summed E-state index contributed by atoms with van der Waals surface area (Å²) in [6.45, 7) is 0. The topological polar surface area (TPSA) is 68.8 Å². The molecule has 0 fully saturated rings. The summed E-state index contributed by atoms with van der Waals surface area (Å²) in [7, 11) is 0. The molecule has 0 amide bonds. The van der Waals surface area contributed by atoms with E-state index < -0.39 is 0 Å². The van der Waals surface area contributed by atoms with Gasteiger partial charge in [0.1, 0.15) is 5.82 Å². The summed E-state index contributed by atoms with van der Waals surface area (Å²) in [6.07, 6.45) is 5.39. The first-order valence-electron chi connectivity index (χ1n) is 3.93. The van der Waals surface area contributed by atoms with Crippen molar-refractivity contribution in [3.05, 3.63) is 34.3 Å². The van der Waals surface area contributed by atoms with Gasteiger partial charge in [-0.25, -0.2) is 15.5 Å². The minimum absolute atomic E-state index is 0.619. The Morgan fingerprint density at radius 2 is 2.36 bits per heavy atom. The van der Waals surface area contributed by atoms with Crippen LogP contribution in [0.3, 0.4) is 0 Å². The normalized spacial score (nSPS) is 10.1. The van der Waals surface area contributed by atoms with E-state index in [9.17, 15) is 0 Å². The molecule has 0 aliphatic rings. The minimum atomic E-state index is 0.619. The zero-order valence-corrected chi connectivity index (χ0v) is 9.34. The number of hydrazine groups is 1. The molecule has 0 atom stereocenters. The highest BCUT2D eigenvalue weighted by atomic mass is 127. The van der Waals surface area contributed by atoms with Crippen LogP contribution < -0.4 is 11.3 Å². The number of nitrogen functional groups attached to an aromatic ring is 1. The van der Waals surface area contributed by atoms with Gasteiger partial charge in [-0.05, 0) is 28.7 Å². The lowest BCUT2D eigenvalue weighted by molar-refractivity contribution is 0.877. The van der Waals surface area contributed by atoms with E-state index in [-0.39, 0.29) is 0 Å². The second kappa shape index (κ2) is 3.93. The van der Waals surface area contributed by atoms with Crippen LogP contribution in [-0.2, 0) is 0 Å². The molecule has 0 aliphatic carbocycles. The van der Waals surface area contributed by atoms with E-state index in [1.165, 1.54) is 0 Å². The molecule has 5 nitrogen and oxygen atoms in total. The average Bonchev–Trinajstić information content (AvgIpc) is 2.65. The number of anilines is 1. The first kappa shape index (κ1) is 9.41. The van der Waals surface area contributed by atoms with Crippen LogP contribution in [-0.4, -0.2) is 14.8 Å². The van der Waals surface area contributed by atoms with Gasteiger partial charge < -0.3 is 5.43 Å². The van der Waals surface area contributed by atoms with Crippen molar-refractivity contribution in [2.45, 2.75) is 0 Å². The first-order chi connectivity index (χ1) is 6.79. The molecule has 3 N–H and O–H groups in total. The zero-order chi connectivity index (χ0) is 9.97. The van der Waals surface area contributed by atoms with Crippen LogP contribution in [0.5, 0.6) is 0 Å². The van der Waals surface area contributed by atoms with Crippen LogP contribution in [0.25, 0.3) is 5.69 Å². The van der Waals surface area contributed by atoms with Crippen molar-refractivity contribution in [2.24, 2.45) is 5.84 Å². The van der Waals surface area contributed by atoms with Gasteiger partial charge in [0, 0.05) is 18.5 Å². The van der Waals surface area contributed by atoms with Crippen LogP contribution >= 0.6 is 22.6 Å². The SMILES string of the molecule is NNc1cc(-n2cc(I)cn2)ccn1. The fraction of sp³-hybridized carbons (Fsp3) is 0. The molecule has 0 saturated carbocycles. The third kappa shape index (κ3) is 1.85. The largest absolute Gasteiger partial charge is 0.308 e. The number of hydrogen-bond acceptors (Lipinski definition) is 4. The number of halogens is 1. The Hall–Kier alpha value is -1.15. The van der Waals surface area contributed by atoms with Crippen molar-refractivity contribution >= 4 is 28.4 Å². The minimum Gasteiger partial charge on any atom is -0.308 e. The van der Waals surface area contributed by atoms with Gasteiger partial charge >= 0.3 is 0 Å². The summed E-state index contributed by atoms with van der Waals surface area (Å²) in [5.74, 6) is 5.88. The number of nitrogens with zero attached hydrogens (tertiary/aromatic N) is 3. The van der Waals surface area contributed by atoms with Gasteiger partial charge in [0.05, 0.1) is 15.5 Å². The monoisotopic (exact) mass is 301 g/mol. The van der Waals surface area contributed by atoms with E-state index in [0.29, 0.717) is 5.82 Å². The summed E-state index contributed by atoms with van der Waals surface area (Å²) < 4.78 is 2.85. The lowest BCUT2D eigenvalue weighted by Crippen LogP contribution is -2.09. The van der Waals surface area contributed by atoms with Crippen molar-refractivity contribution in [3.63, 3.8) is 0 Å². The lowest BCUT2D eigenvalue weighted by atomic mass is 10.4. The van der Waals surface area contributed by atoms with E-state index in [1.807, 2.05) is 18.3 Å². The van der Waals surface area contributed by atoms with Crippen molar-refractivity contribution in [2.75, 3.05) is 5.43 Å². The summed E-state index contributed by atoms with van der Waals surface area (Å²) in [5.41, 5.74) is 3.42. The highest BCUT2D eigenvalue weighted by Crippen LogP contribution is 2.11. The Balaban J connectivity index is 2.41. The lowest BCUT2D eigenvalue weighted by Gasteiger charge is -2.02. The molecular weight excluding hydrogens is 293 g/mol. The molecule has 0 aromatic carbocycles. The molecule has 0 bridgehead atoms. The van der Waals surface area contributed by atoms with E-state index in [4.69, 9.17) is 5.84 Å². The van der Waals surface area contributed by atoms with Crippen molar-refractivity contribution in [3.8, 4) is 5.69 Å². The van der Waals surface area contributed by atoms with Crippen LogP contribution in [0.4, 0.5) is 5.82 Å². The fourth-order valence-electron chi connectivity index (χ4n) is 1.08. The number of nitrogens with one attached hydrogen (secondary N) is 1. The summed E-state index contributed by atoms with van der Waals surface area (Å²) in [6, 6.07) is 3.69. The first-order valence-corrected chi connectivity index (χ1v) is 5.00. The molecule has 2 aromatic heterocycles. The zero-order valence-electron chi connectivity index (χ0n) is 7.18. The Bertz CT molecular complexity index is 439. The Morgan fingerprint density at radius 1 is 1.50 bits per heavy atom. The van der Waals surface area contributed by atoms with Crippen LogP contribution in [0.15, 0.2) is 30.7 Å². The molecule has 0 spiro atoms. The quantitative estimate of drug-likeness (QED) is 0.496. The van der Waals surface area contributed by atoms with Crippen LogP contribution in [0, 0.1) is 3.57 Å². The second-order valence-electron chi connectivity index (χ2n) is 2.65. The number of hydrogen-bond donors (Lipinski definition) is 2. The third-order valence-corrected chi connectivity index (χ3v) is 2.26. The number of aromatic nitrogens is 3. The molecule has 2 rings (SSSR count). The van der Waals surface area contributed by atoms with Gasteiger partial charge in [0.15, 0.2) is 0 Å². The summed E-state index contributed by atoms with van der Waals surface area (Å²) in [4.78, 5) is 4.01. The maximum absolute atomic E-state index is 5.26. The molecule has 0 aliphatic heterocycles.